The molecule has 2 rings (SSSR count). The maximum atomic E-state index is 12.5. The summed E-state index contributed by atoms with van der Waals surface area (Å²) in [5.74, 6) is 0.260. The Morgan fingerprint density at radius 1 is 1.27 bits per heavy atom. The first kappa shape index (κ1) is 20.6. The molecule has 0 atom stereocenters. The molecule has 0 unspecified atom stereocenters. The van der Waals surface area contributed by atoms with Crippen LogP contribution in [0, 0.1) is 0 Å². The third kappa shape index (κ3) is 5.94. The molecule has 1 amide bonds. The van der Waals surface area contributed by atoms with Crippen molar-refractivity contribution in [2.75, 3.05) is 60.1 Å². The molecule has 0 spiro atoms. The molecule has 0 aromatic heterocycles. The van der Waals surface area contributed by atoms with Gasteiger partial charge in [-0.15, -0.1) is 0 Å². The summed E-state index contributed by atoms with van der Waals surface area (Å²) in [6.45, 7) is 4.52. The van der Waals surface area contributed by atoms with E-state index in [0.29, 0.717) is 12.3 Å². The first-order valence-electron chi connectivity index (χ1n) is 8.60. The minimum absolute atomic E-state index is 0.126. The van der Waals surface area contributed by atoms with Crippen LogP contribution in [0.25, 0.3) is 0 Å². The van der Waals surface area contributed by atoms with Crippen LogP contribution in [0.2, 0.25) is 0 Å². The Morgan fingerprint density at radius 3 is 2.54 bits per heavy atom. The fraction of sp³-hybridized carbons (Fsp3) is 0.588. The van der Waals surface area contributed by atoms with Crippen molar-refractivity contribution in [3.63, 3.8) is 0 Å². The van der Waals surface area contributed by atoms with Gasteiger partial charge in [-0.2, -0.15) is 4.31 Å². The van der Waals surface area contributed by atoms with E-state index in [1.165, 1.54) is 26.3 Å². The zero-order chi connectivity index (χ0) is 19.0. The van der Waals surface area contributed by atoms with Crippen molar-refractivity contribution >= 4 is 15.9 Å². The molecule has 0 radical (unpaired) electrons. The summed E-state index contributed by atoms with van der Waals surface area (Å²) in [6.07, 6.45) is 0.820. The number of amides is 1. The Hall–Kier alpha value is -1.68. The number of hydrogen-bond donors (Lipinski definition) is 1. The van der Waals surface area contributed by atoms with Crippen molar-refractivity contribution in [3.8, 4) is 5.75 Å². The van der Waals surface area contributed by atoms with Crippen LogP contribution < -0.4 is 10.1 Å². The van der Waals surface area contributed by atoms with Crippen molar-refractivity contribution in [1.82, 2.24) is 14.5 Å². The third-order valence-electron chi connectivity index (χ3n) is 4.21. The molecule has 1 aromatic carbocycles. The number of sulfonamides is 1. The lowest BCUT2D eigenvalue weighted by atomic mass is 10.3. The number of nitrogens with one attached hydrogen (secondary N) is 1. The van der Waals surface area contributed by atoms with E-state index in [1.807, 2.05) is 0 Å². The highest BCUT2D eigenvalue weighted by Crippen LogP contribution is 2.18. The van der Waals surface area contributed by atoms with Gasteiger partial charge in [0.1, 0.15) is 5.75 Å². The Bertz CT molecular complexity index is 672. The number of methoxy groups -OCH3 is 1. The fourth-order valence-electron chi connectivity index (χ4n) is 2.63. The topological polar surface area (TPSA) is 88.2 Å². The third-order valence-corrected chi connectivity index (χ3v) is 6.03. The maximum absolute atomic E-state index is 12.5. The van der Waals surface area contributed by atoms with E-state index in [0.717, 1.165) is 43.6 Å². The largest absolute Gasteiger partial charge is 0.497 e. The summed E-state index contributed by atoms with van der Waals surface area (Å²) in [5.41, 5.74) is 0. The standard InChI is InChI=1S/C17H27N3O5S/c1-19(26(22,23)16-6-4-15(24-2)5-7-16)14-17(21)18-8-3-9-20-10-12-25-13-11-20/h4-7H,3,8-14H2,1-2H3,(H,18,21). The predicted octanol–water partition coefficient (Wildman–Crippen LogP) is 0.154. The number of benzene rings is 1. The van der Waals surface area contributed by atoms with Crippen LogP contribution in [0.3, 0.4) is 0 Å². The van der Waals surface area contributed by atoms with Crippen molar-refractivity contribution in [2.45, 2.75) is 11.3 Å². The summed E-state index contributed by atoms with van der Waals surface area (Å²) in [7, 11) is -0.803. The van der Waals surface area contributed by atoms with Crippen LogP contribution in [0.1, 0.15) is 6.42 Å². The van der Waals surface area contributed by atoms with E-state index in [4.69, 9.17) is 9.47 Å². The summed E-state index contributed by atoms with van der Waals surface area (Å²) in [4.78, 5) is 14.4. The minimum atomic E-state index is -3.71. The van der Waals surface area contributed by atoms with Crippen LogP contribution in [-0.2, 0) is 19.6 Å². The zero-order valence-electron chi connectivity index (χ0n) is 15.3. The first-order chi connectivity index (χ1) is 12.4. The molecule has 1 saturated heterocycles. The monoisotopic (exact) mass is 385 g/mol. The van der Waals surface area contributed by atoms with Gasteiger partial charge < -0.3 is 14.8 Å². The summed E-state index contributed by atoms with van der Waals surface area (Å²) < 4.78 is 36.3. The molecular weight excluding hydrogens is 358 g/mol. The van der Waals surface area contributed by atoms with Crippen LogP contribution in [-0.4, -0.2) is 83.6 Å². The maximum Gasteiger partial charge on any atom is 0.243 e. The van der Waals surface area contributed by atoms with Gasteiger partial charge in [-0.3, -0.25) is 9.69 Å². The molecule has 1 aliphatic heterocycles. The van der Waals surface area contributed by atoms with Gasteiger partial charge in [0.25, 0.3) is 0 Å². The van der Waals surface area contributed by atoms with Crippen molar-refractivity contribution < 1.29 is 22.7 Å². The van der Waals surface area contributed by atoms with E-state index in [9.17, 15) is 13.2 Å². The first-order valence-corrected chi connectivity index (χ1v) is 10.0. The van der Waals surface area contributed by atoms with Gasteiger partial charge in [-0.05, 0) is 37.2 Å². The van der Waals surface area contributed by atoms with Gasteiger partial charge in [0.05, 0.1) is 31.8 Å². The Labute approximate surface area is 155 Å². The van der Waals surface area contributed by atoms with Crippen LogP contribution >= 0.6 is 0 Å². The number of carbonyl (C=O) groups is 1. The number of rotatable bonds is 9. The van der Waals surface area contributed by atoms with E-state index in [2.05, 4.69) is 10.2 Å². The minimum Gasteiger partial charge on any atom is -0.497 e. The van der Waals surface area contributed by atoms with E-state index < -0.39 is 10.0 Å². The summed E-state index contributed by atoms with van der Waals surface area (Å²) in [6, 6.07) is 6.08. The lowest BCUT2D eigenvalue weighted by Gasteiger charge is -2.26. The SMILES string of the molecule is COc1ccc(S(=O)(=O)N(C)CC(=O)NCCCN2CCOCC2)cc1. The van der Waals surface area contributed by atoms with Gasteiger partial charge in [-0.1, -0.05) is 0 Å². The Balaban J connectivity index is 1.75. The Kier molecular flexibility index (Phi) is 7.83. The normalized spacial score (nSPS) is 15.8. The summed E-state index contributed by atoms with van der Waals surface area (Å²) in [5, 5.41) is 2.77. The number of likely N-dealkylation sites (N-methyl/N-ethyl adjacent to an activating group) is 1. The van der Waals surface area contributed by atoms with Gasteiger partial charge >= 0.3 is 0 Å². The second kappa shape index (κ2) is 9.86. The number of ether oxygens (including phenoxy) is 2. The molecule has 9 heteroatoms. The molecule has 1 aliphatic rings. The fourth-order valence-corrected chi connectivity index (χ4v) is 3.75. The Morgan fingerprint density at radius 2 is 1.92 bits per heavy atom. The highest BCUT2D eigenvalue weighted by molar-refractivity contribution is 7.89. The quantitative estimate of drug-likeness (QED) is 0.609. The van der Waals surface area contributed by atoms with Gasteiger partial charge in [0.2, 0.25) is 15.9 Å². The highest BCUT2D eigenvalue weighted by atomic mass is 32.2. The second-order valence-electron chi connectivity index (χ2n) is 6.09. The van der Waals surface area contributed by atoms with E-state index >= 15 is 0 Å². The lowest BCUT2D eigenvalue weighted by Crippen LogP contribution is -2.40. The van der Waals surface area contributed by atoms with Crippen molar-refractivity contribution in [3.05, 3.63) is 24.3 Å². The molecule has 1 heterocycles. The molecule has 1 fully saturated rings. The average molecular weight is 385 g/mol. The molecule has 26 heavy (non-hydrogen) atoms. The van der Waals surface area contributed by atoms with Crippen molar-refractivity contribution in [2.24, 2.45) is 0 Å². The van der Waals surface area contributed by atoms with Gasteiger partial charge in [0, 0.05) is 26.7 Å². The number of nitrogens with zero attached hydrogens (tertiary/aromatic N) is 2. The van der Waals surface area contributed by atoms with Crippen LogP contribution in [0.5, 0.6) is 5.75 Å². The van der Waals surface area contributed by atoms with Gasteiger partial charge in [0.15, 0.2) is 0 Å². The molecule has 146 valence electrons. The molecule has 0 bridgehead atoms. The molecule has 1 N–H and O–H groups in total. The highest BCUT2D eigenvalue weighted by Gasteiger charge is 2.22. The van der Waals surface area contributed by atoms with Crippen LogP contribution in [0.15, 0.2) is 29.2 Å². The average Bonchev–Trinajstić information content (AvgIpc) is 2.66. The summed E-state index contributed by atoms with van der Waals surface area (Å²) >= 11 is 0. The number of carbonyl (C=O) groups excluding carboxylic acids is 1. The number of hydrogen-bond acceptors (Lipinski definition) is 6. The predicted molar refractivity (Wildman–Crippen MR) is 97.7 cm³/mol. The van der Waals surface area contributed by atoms with E-state index in [1.54, 1.807) is 12.1 Å². The smallest absolute Gasteiger partial charge is 0.243 e. The lowest BCUT2D eigenvalue weighted by molar-refractivity contribution is -0.121. The second-order valence-corrected chi connectivity index (χ2v) is 8.14. The van der Waals surface area contributed by atoms with Crippen molar-refractivity contribution in [1.29, 1.82) is 0 Å². The molecular formula is C17H27N3O5S. The van der Waals surface area contributed by atoms with Gasteiger partial charge in [-0.25, -0.2) is 8.42 Å². The molecule has 0 saturated carbocycles. The van der Waals surface area contributed by atoms with E-state index in [-0.39, 0.29) is 17.3 Å². The zero-order valence-corrected chi connectivity index (χ0v) is 16.1. The molecule has 1 aromatic rings. The molecule has 8 nitrogen and oxygen atoms in total. The van der Waals surface area contributed by atoms with Crippen LogP contribution in [0.4, 0.5) is 0 Å². The molecule has 0 aliphatic carbocycles. The number of morpholine rings is 1.